The van der Waals surface area contributed by atoms with Crippen LogP contribution in [-0.2, 0) is 10.8 Å². The van der Waals surface area contributed by atoms with Gasteiger partial charge in [0.1, 0.15) is 0 Å². The number of amides is 1. The van der Waals surface area contributed by atoms with Crippen LogP contribution in [0.4, 0.5) is 8.78 Å². The van der Waals surface area contributed by atoms with Crippen LogP contribution in [0.15, 0.2) is 12.3 Å². The Morgan fingerprint density at radius 3 is 2.88 bits per heavy atom. The lowest BCUT2D eigenvalue weighted by Gasteiger charge is -2.04. The Morgan fingerprint density at radius 1 is 1.56 bits per heavy atom. The maximum Gasteiger partial charge on any atom is 0.254 e. The first-order valence-corrected chi connectivity index (χ1v) is 6.13. The minimum absolute atomic E-state index is 0.144. The Balaban J connectivity index is 2.66. The fourth-order valence-electron chi connectivity index (χ4n) is 0.997. The van der Waals surface area contributed by atoms with Crippen LogP contribution in [0.3, 0.4) is 0 Å². The predicted molar refractivity (Wildman–Crippen MR) is 55.4 cm³/mol. The van der Waals surface area contributed by atoms with Crippen molar-refractivity contribution >= 4 is 16.7 Å². The van der Waals surface area contributed by atoms with E-state index in [0.717, 1.165) is 12.3 Å². The van der Waals surface area contributed by atoms with Gasteiger partial charge in [-0.05, 0) is 6.07 Å². The molecule has 0 aromatic carbocycles. The maximum absolute atomic E-state index is 13.1. The lowest BCUT2D eigenvalue weighted by atomic mass is 10.2. The van der Waals surface area contributed by atoms with Crippen LogP contribution in [0.5, 0.6) is 0 Å². The average molecular weight is 248 g/mol. The van der Waals surface area contributed by atoms with Gasteiger partial charge >= 0.3 is 0 Å². The molecule has 1 amide bonds. The fourth-order valence-corrected chi connectivity index (χ4v) is 1.39. The molecule has 4 nitrogen and oxygen atoms in total. The molecule has 0 saturated heterocycles. The molecule has 1 unspecified atom stereocenters. The van der Waals surface area contributed by atoms with Gasteiger partial charge in [0.15, 0.2) is 5.82 Å². The quantitative estimate of drug-likeness (QED) is 0.788. The molecule has 1 atom stereocenters. The van der Waals surface area contributed by atoms with Gasteiger partial charge in [0, 0.05) is 35.5 Å². The van der Waals surface area contributed by atoms with Gasteiger partial charge in [-0.3, -0.25) is 9.00 Å². The molecule has 0 saturated carbocycles. The number of nitrogens with zero attached hydrogens (tertiary/aromatic N) is 1. The summed E-state index contributed by atoms with van der Waals surface area (Å²) in [4.78, 5) is 14.4. The zero-order chi connectivity index (χ0) is 12.1. The number of carbonyl (C=O) groups is 1. The highest BCUT2D eigenvalue weighted by molar-refractivity contribution is 7.84. The van der Waals surface area contributed by atoms with Crippen molar-refractivity contribution in [2.75, 3.05) is 18.6 Å². The SMILES string of the molecule is CS(=O)CCNC(=O)c1ccnc(F)c1F. The number of rotatable bonds is 4. The number of hydrogen-bond donors (Lipinski definition) is 1. The van der Waals surface area contributed by atoms with Crippen LogP contribution in [0.25, 0.3) is 0 Å². The molecule has 1 rings (SSSR count). The molecule has 1 N–H and O–H groups in total. The van der Waals surface area contributed by atoms with Crippen molar-refractivity contribution in [3.63, 3.8) is 0 Å². The highest BCUT2D eigenvalue weighted by Gasteiger charge is 2.15. The third-order valence-electron chi connectivity index (χ3n) is 1.77. The van der Waals surface area contributed by atoms with Crippen molar-refractivity contribution in [3.05, 3.63) is 29.6 Å². The van der Waals surface area contributed by atoms with Crippen LogP contribution < -0.4 is 5.32 Å². The minimum atomic E-state index is -1.31. The second-order valence-corrected chi connectivity index (χ2v) is 4.55. The molecule has 88 valence electrons. The average Bonchev–Trinajstić information content (AvgIpc) is 2.21. The van der Waals surface area contributed by atoms with Crippen LogP contribution in [-0.4, -0.2) is 33.7 Å². The van der Waals surface area contributed by atoms with E-state index in [2.05, 4.69) is 10.3 Å². The highest BCUT2D eigenvalue weighted by Crippen LogP contribution is 2.08. The van der Waals surface area contributed by atoms with Gasteiger partial charge in [-0.15, -0.1) is 0 Å². The standard InChI is InChI=1S/C9H10F2N2O2S/c1-16(15)5-4-13-9(14)6-2-3-12-8(11)7(6)10/h2-3H,4-5H2,1H3,(H,13,14). The highest BCUT2D eigenvalue weighted by atomic mass is 32.2. The summed E-state index contributed by atoms with van der Waals surface area (Å²) in [5.41, 5.74) is -0.408. The molecule has 0 spiro atoms. The minimum Gasteiger partial charge on any atom is -0.351 e. The summed E-state index contributed by atoms with van der Waals surface area (Å²) in [6, 6.07) is 1.08. The third-order valence-corrected chi connectivity index (χ3v) is 2.55. The van der Waals surface area contributed by atoms with Crippen LogP contribution in [0, 0.1) is 11.8 Å². The van der Waals surface area contributed by atoms with E-state index in [1.165, 1.54) is 6.26 Å². The smallest absolute Gasteiger partial charge is 0.254 e. The van der Waals surface area contributed by atoms with Crippen LogP contribution in [0.2, 0.25) is 0 Å². The second kappa shape index (κ2) is 5.64. The Bertz CT molecular complexity index is 426. The normalized spacial score (nSPS) is 12.2. The van der Waals surface area contributed by atoms with E-state index >= 15 is 0 Å². The van der Waals surface area contributed by atoms with Crippen molar-refractivity contribution < 1.29 is 17.8 Å². The number of pyridine rings is 1. The van der Waals surface area contributed by atoms with Gasteiger partial charge in [-0.25, -0.2) is 9.37 Å². The molecular formula is C9H10F2N2O2S. The first-order valence-electron chi connectivity index (χ1n) is 4.40. The monoisotopic (exact) mass is 248 g/mol. The zero-order valence-electron chi connectivity index (χ0n) is 8.50. The lowest BCUT2D eigenvalue weighted by Crippen LogP contribution is -2.28. The largest absolute Gasteiger partial charge is 0.351 e. The van der Waals surface area contributed by atoms with Crippen LogP contribution >= 0.6 is 0 Å². The van der Waals surface area contributed by atoms with Crippen molar-refractivity contribution in [1.29, 1.82) is 0 Å². The third kappa shape index (κ3) is 3.34. The molecule has 0 aliphatic rings. The van der Waals surface area contributed by atoms with Crippen molar-refractivity contribution in [1.82, 2.24) is 10.3 Å². The van der Waals surface area contributed by atoms with Crippen molar-refractivity contribution in [2.24, 2.45) is 0 Å². The summed E-state index contributed by atoms with van der Waals surface area (Å²) >= 11 is 0. The van der Waals surface area contributed by atoms with E-state index in [1.807, 2.05) is 0 Å². The van der Waals surface area contributed by atoms with E-state index in [0.29, 0.717) is 0 Å². The van der Waals surface area contributed by atoms with Gasteiger partial charge in [-0.2, -0.15) is 4.39 Å². The Hall–Kier alpha value is -1.37. The maximum atomic E-state index is 13.1. The molecule has 16 heavy (non-hydrogen) atoms. The Labute approximate surface area is 93.5 Å². The summed E-state index contributed by atoms with van der Waals surface area (Å²) in [5.74, 6) is -3.07. The number of carbonyl (C=O) groups excluding carboxylic acids is 1. The molecule has 0 radical (unpaired) electrons. The first kappa shape index (κ1) is 12.7. The lowest BCUT2D eigenvalue weighted by molar-refractivity contribution is 0.0950. The van der Waals surface area contributed by atoms with Crippen LogP contribution in [0.1, 0.15) is 10.4 Å². The second-order valence-electron chi connectivity index (χ2n) is 3.00. The first-order chi connectivity index (χ1) is 7.52. The number of halogens is 2. The molecule has 0 fully saturated rings. The topological polar surface area (TPSA) is 59.1 Å². The molecule has 7 heteroatoms. The molecule has 0 aliphatic heterocycles. The van der Waals surface area contributed by atoms with E-state index in [-0.39, 0.29) is 12.3 Å². The predicted octanol–water partition coefficient (Wildman–Crippen LogP) is 0.468. The van der Waals surface area contributed by atoms with Gasteiger partial charge < -0.3 is 5.32 Å². The Kier molecular flexibility index (Phi) is 4.48. The van der Waals surface area contributed by atoms with Gasteiger partial charge in [-0.1, -0.05) is 0 Å². The van der Waals surface area contributed by atoms with Gasteiger partial charge in [0.25, 0.3) is 5.91 Å². The summed E-state index contributed by atoms with van der Waals surface area (Å²) in [5, 5.41) is 2.33. The number of nitrogens with one attached hydrogen (secondary N) is 1. The summed E-state index contributed by atoms with van der Waals surface area (Å²) in [6.45, 7) is 0.144. The molecule has 0 aliphatic carbocycles. The summed E-state index contributed by atoms with van der Waals surface area (Å²) in [7, 11) is -1.04. The molecule has 1 heterocycles. The molecular weight excluding hydrogens is 238 g/mol. The van der Waals surface area contributed by atoms with Gasteiger partial charge in [0.05, 0.1) is 5.56 Å². The van der Waals surface area contributed by atoms with E-state index in [9.17, 15) is 17.8 Å². The molecule has 1 aromatic heterocycles. The van der Waals surface area contributed by atoms with Crippen molar-refractivity contribution in [2.45, 2.75) is 0 Å². The van der Waals surface area contributed by atoms with Crippen molar-refractivity contribution in [3.8, 4) is 0 Å². The number of aromatic nitrogens is 1. The number of hydrogen-bond acceptors (Lipinski definition) is 3. The van der Waals surface area contributed by atoms with E-state index in [1.54, 1.807) is 0 Å². The summed E-state index contributed by atoms with van der Waals surface area (Å²) < 4.78 is 36.5. The molecule has 0 bridgehead atoms. The van der Waals surface area contributed by atoms with E-state index < -0.39 is 34.0 Å². The van der Waals surface area contributed by atoms with Gasteiger partial charge in [0.2, 0.25) is 5.95 Å². The molecule has 1 aromatic rings. The summed E-state index contributed by atoms with van der Waals surface area (Å²) in [6.07, 6.45) is 2.49. The van der Waals surface area contributed by atoms with E-state index in [4.69, 9.17) is 0 Å². The fraction of sp³-hybridized carbons (Fsp3) is 0.333. The zero-order valence-corrected chi connectivity index (χ0v) is 9.31. The Morgan fingerprint density at radius 2 is 2.25 bits per heavy atom.